The fourth-order valence-corrected chi connectivity index (χ4v) is 6.78. The van der Waals surface area contributed by atoms with Gasteiger partial charge in [0.05, 0.1) is 37.9 Å². The van der Waals surface area contributed by atoms with Crippen LogP contribution in [0.2, 0.25) is 0 Å². The van der Waals surface area contributed by atoms with E-state index in [2.05, 4.69) is 43.5 Å². The van der Waals surface area contributed by atoms with Gasteiger partial charge in [-0.15, -0.1) is 0 Å². The van der Waals surface area contributed by atoms with Crippen LogP contribution in [0.4, 0.5) is 0 Å². The van der Waals surface area contributed by atoms with Crippen LogP contribution in [0.1, 0.15) is 187 Å². The van der Waals surface area contributed by atoms with Crippen LogP contribution in [0.25, 0.3) is 0 Å². The number of carbonyl (C=O) groups excluding carboxylic acids is 1. The van der Waals surface area contributed by atoms with E-state index in [-0.39, 0.29) is 19.6 Å². The molecule has 6 N–H and O–H groups in total. The number of carbonyl (C=O) groups is 1. The highest BCUT2D eigenvalue weighted by molar-refractivity contribution is 7.47. The van der Waals surface area contributed by atoms with Crippen LogP contribution in [0.15, 0.2) is 36.5 Å². The molecule has 0 bridgehead atoms. The average Bonchev–Trinajstić information content (AvgIpc) is 3.12. The molecule has 10 heteroatoms. The maximum Gasteiger partial charge on any atom is 0.472 e. The molecule has 0 aromatic rings. The van der Waals surface area contributed by atoms with Crippen LogP contribution in [-0.4, -0.2) is 59.0 Å². The van der Waals surface area contributed by atoms with Gasteiger partial charge in [-0.2, -0.15) is 0 Å². The summed E-state index contributed by atoms with van der Waals surface area (Å²) in [5.41, 5.74) is 5.35. The zero-order chi connectivity index (χ0) is 38.4. The summed E-state index contributed by atoms with van der Waals surface area (Å²) in [5.74, 6) is -0.460. The second-order valence-electron chi connectivity index (χ2n) is 14.4. The van der Waals surface area contributed by atoms with Crippen LogP contribution in [0.5, 0.6) is 0 Å². The number of nitrogens with one attached hydrogen (secondary N) is 1. The fraction of sp³-hybridized carbons (Fsp3) is 0.833. The van der Waals surface area contributed by atoms with Crippen LogP contribution in [0.3, 0.4) is 0 Å². The molecule has 0 aliphatic heterocycles. The molecule has 0 spiro atoms. The molecule has 52 heavy (non-hydrogen) atoms. The quantitative estimate of drug-likeness (QED) is 0.0236. The molecule has 0 aromatic heterocycles. The number of aliphatic hydroxyl groups excluding tert-OH is 2. The second kappa shape index (κ2) is 38.0. The predicted octanol–water partition coefficient (Wildman–Crippen LogP) is 10.5. The highest BCUT2D eigenvalue weighted by Crippen LogP contribution is 2.43. The third-order valence-electron chi connectivity index (χ3n) is 9.25. The number of hydrogen-bond donors (Lipinski definition) is 5. The molecule has 0 aromatic carbocycles. The Hall–Kier alpha value is -1.32. The van der Waals surface area contributed by atoms with Gasteiger partial charge in [-0.3, -0.25) is 13.8 Å². The first-order chi connectivity index (χ1) is 25.3. The molecule has 0 heterocycles. The first kappa shape index (κ1) is 50.7. The van der Waals surface area contributed by atoms with Crippen molar-refractivity contribution >= 4 is 13.7 Å². The highest BCUT2D eigenvalue weighted by Gasteiger charge is 2.27. The van der Waals surface area contributed by atoms with Gasteiger partial charge in [-0.25, -0.2) is 4.57 Å². The molecule has 0 rings (SSSR count). The summed E-state index contributed by atoms with van der Waals surface area (Å²) in [4.78, 5) is 22.7. The zero-order valence-corrected chi connectivity index (χ0v) is 34.3. The molecule has 4 unspecified atom stereocenters. The van der Waals surface area contributed by atoms with Gasteiger partial charge in [0.15, 0.2) is 0 Å². The molecule has 0 fully saturated rings. The summed E-state index contributed by atoms with van der Waals surface area (Å²) in [5, 5.41) is 24.0. The van der Waals surface area contributed by atoms with Crippen molar-refractivity contribution in [1.82, 2.24) is 5.32 Å². The monoisotopic (exact) mass is 757 g/mol. The summed E-state index contributed by atoms with van der Waals surface area (Å²) >= 11 is 0. The number of rotatable bonds is 39. The SMILES string of the molecule is CCCC/C=C/CC/C=C/CC/C=C/C(O)C(COP(=O)(O)OCCN)NC(=O)CC(O)CCCCCCCCCCCCCCCCCCCC. The largest absolute Gasteiger partial charge is 0.472 e. The van der Waals surface area contributed by atoms with E-state index in [1.54, 1.807) is 6.08 Å². The molecule has 0 aliphatic rings. The molecule has 0 radical (unpaired) electrons. The van der Waals surface area contributed by atoms with Crippen molar-refractivity contribution < 1.29 is 33.5 Å². The molecule has 1 amide bonds. The maximum atomic E-state index is 12.8. The van der Waals surface area contributed by atoms with Crippen molar-refractivity contribution in [3.8, 4) is 0 Å². The number of phosphoric acid groups is 1. The Morgan fingerprint density at radius 3 is 1.58 bits per heavy atom. The third-order valence-corrected chi connectivity index (χ3v) is 10.2. The molecule has 0 saturated carbocycles. The molecule has 306 valence electrons. The Balaban J connectivity index is 4.31. The number of hydrogen-bond acceptors (Lipinski definition) is 7. The van der Waals surface area contributed by atoms with Crippen molar-refractivity contribution in [3.05, 3.63) is 36.5 Å². The first-order valence-corrected chi connectivity index (χ1v) is 22.7. The molecule has 4 atom stereocenters. The summed E-state index contributed by atoms with van der Waals surface area (Å²) in [6.45, 7) is 3.89. The topological polar surface area (TPSA) is 151 Å². The summed E-state index contributed by atoms with van der Waals surface area (Å²) in [6.07, 6.45) is 40.9. The minimum absolute atomic E-state index is 0.0426. The number of unbranched alkanes of at least 4 members (excludes halogenated alkanes) is 21. The smallest absolute Gasteiger partial charge is 0.393 e. The third kappa shape index (κ3) is 35.7. The Morgan fingerprint density at radius 2 is 1.10 bits per heavy atom. The summed E-state index contributed by atoms with van der Waals surface area (Å²) in [7, 11) is -4.41. The van der Waals surface area contributed by atoms with E-state index in [0.29, 0.717) is 12.8 Å². The summed E-state index contributed by atoms with van der Waals surface area (Å²) in [6, 6.07) is -1.00. The van der Waals surface area contributed by atoms with E-state index in [4.69, 9.17) is 14.8 Å². The minimum atomic E-state index is -4.41. The Bertz CT molecular complexity index is 930. The van der Waals surface area contributed by atoms with Gasteiger partial charge in [0.25, 0.3) is 0 Å². The van der Waals surface area contributed by atoms with E-state index in [0.717, 1.165) is 44.9 Å². The maximum absolute atomic E-state index is 12.8. The fourth-order valence-electron chi connectivity index (χ4n) is 6.02. The lowest BCUT2D eigenvalue weighted by Crippen LogP contribution is -2.46. The lowest BCUT2D eigenvalue weighted by Gasteiger charge is -2.24. The van der Waals surface area contributed by atoms with Crippen LogP contribution < -0.4 is 11.1 Å². The van der Waals surface area contributed by atoms with Crippen molar-refractivity contribution in [2.24, 2.45) is 5.73 Å². The van der Waals surface area contributed by atoms with Gasteiger partial charge in [-0.1, -0.05) is 179 Å². The van der Waals surface area contributed by atoms with Gasteiger partial charge >= 0.3 is 7.82 Å². The Kier molecular flexibility index (Phi) is 37.0. The van der Waals surface area contributed by atoms with Crippen LogP contribution >= 0.6 is 7.82 Å². The van der Waals surface area contributed by atoms with Crippen molar-refractivity contribution in [2.75, 3.05) is 19.8 Å². The van der Waals surface area contributed by atoms with Crippen molar-refractivity contribution in [3.63, 3.8) is 0 Å². The molecule has 0 saturated heterocycles. The van der Waals surface area contributed by atoms with Gasteiger partial charge in [0, 0.05) is 6.54 Å². The van der Waals surface area contributed by atoms with Gasteiger partial charge < -0.3 is 26.2 Å². The van der Waals surface area contributed by atoms with E-state index >= 15 is 0 Å². The van der Waals surface area contributed by atoms with Gasteiger partial charge in [-0.05, 0) is 38.5 Å². The zero-order valence-electron chi connectivity index (χ0n) is 33.4. The van der Waals surface area contributed by atoms with Gasteiger partial charge in [0.2, 0.25) is 5.91 Å². The number of phosphoric ester groups is 1. The Morgan fingerprint density at radius 1 is 0.654 bits per heavy atom. The number of allylic oxidation sites excluding steroid dienone is 5. The Labute approximate surface area is 319 Å². The van der Waals surface area contributed by atoms with E-state index < -0.39 is 38.6 Å². The van der Waals surface area contributed by atoms with Crippen molar-refractivity contribution in [2.45, 2.75) is 205 Å². The number of amides is 1. The van der Waals surface area contributed by atoms with Crippen LogP contribution in [-0.2, 0) is 18.4 Å². The summed E-state index contributed by atoms with van der Waals surface area (Å²) < 4.78 is 22.0. The van der Waals surface area contributed by atoms with E-state index in [1.807, 2.05) is 6.08 Å². The first-order valence-electron chi connectivity index (χ1n) is 21.2. The van der Waals surface area contributed by atoms with E-state index in [1.165, 1.54) is 109 Å². The molecule has 9 nitrogen and oxygen atoms in total. The predicted molar refractivity (Wildman–Crippen MR) is 218 cm³/mol. The average molecular weight is 757 g/mol. The highest BCUT2D eigenvalue weighted by atomic mass is 31.2. The van der Waals surface area contributed by atoms with Crippen LogP contribution in [0, 0.1) is 0 Å². The second-order valence-corrected chi connectivity index (χ2v) is 15.8. The molecule has 0 aliphatic carbocycles. The van der Waals surface area contributed by atoms with Gasteiger partial charge in [0.1, 0.15) is 0 Å². The lowest BCUT2D eigenvalue weighted by molar-refractivity contribution is -0.124. The van der Waals surface area contributed by atoms with Crippen molar-refractivity contribution in [1.29, 1.82) is 0 Å². The standard InChI is InChI=1S/C42H81N2O7P/c1-3-5-7-9-11-13-15-17-18-19-20-21-22-23-25-27-29-31-33-39(45)37-42(47)44-40(38-51-52(48,49)50-36-35-43)41(46)34-32-30-28-26-24-16-14-12-10-8-6-4-2/h10,12,24,26,32,34,39-41,45-46H,3-9,11,13-23,25,27-31,33,35-38,43H2,1-2H3,(H,44,47)(H,48,49)/b12-10+,26-24+,34-32+. The minimum Gasteiger partial charge on any atom is -0.393 e. The molecular formula is C42H81N2O7P. The normalized spacial score (nSPS) is 15.1. The molecular weight excluding hydrogens is 675 g/mol. The van der Waals surface area contributed by atoms with E-state index in [9.17, 15) is 24.5 Å². The number of aliphatic hydroxyl groups is 2. The number of nitrogens with two attached hydrogens (primary N) is 1. The lowest BCUT2D eigenvalue weighted by atomic mass is 10.0.